The number of ketones is 1. The van der Waals surface area contributed by atoms with Gasteiger partial charge in [0, 0.05) is 24.9 Å². The van der Waals surface area contributed by atoms with Crippen LogP contribution in [0.25, 0.3) is 0 Å². The number of unbranched alkanes of at least 4 members (excludes halogenated alkanes) is 2. The maximum atomic E-state index is 12.6. The van der Waals surface area contributed by atoms with Crippen LogP contribution in [-0.4, -0.2) is 36.9 Å². The SMILES string of the molecule is CCCCCC(CC(=O)OC)CC(=O)c1ccc(CN2CCC2)cc1. The standard InChI is InChI=1S/C21H31NO3/c1-3-4-5-7-18(15-21(24)25-2)14-20(23)19-10-8-17(9-11-19)16-22-12-6-13-22/h8-11,18H,3-7,12-16H2,1-2H3. The number of likely N-dealkylation sites (tertiary alicyclic amines) is 1. The lowest BCUT2D eigenvalue weighted by atomic mass is 9.90. The second kappa shape index (κ2) is 10.3. The van der Waals surface area contributed by atoms with Crippen molar-refractivity contribution in [1.82, 2.24) is 4.90 Å². The predicted molar refractivity (Wildman–Crippen MR) is 99.5 cm³/mol. The molecule has 1 aromatic rings. The molecule has 1 unspecified atom stereocenters. The van der Waals surface area contributed by atoms with E-state index in [1.165, 1.54) is 32.2 Å². The Morgan fingerprint density at radius 2 is 1.84 bits per heavy atom. The minimum absolute atomic E-state index is 0.0762. The first-order valence-corrected chi connectivity index (χ1v) is 9.53. The van der Waals surface area contributed by atoms with E-state index in [2.05, 4.69) is 24.0 Å². The molecule has 0 amide bonds. The summed E-state index contributed by atoms with van der Waals surface area (Å²) in [6, 6.07) is 7.97. The summed E-state index contributed by atoms with van der Waals surface area (Å²) in [4.78, 5) is 26.6. The number of rotatable bonds is 11. The monoisotopic (exact) mass is 345 g/mol. The minimum atomic E-state index is -0.223. The van der Waals surface area contributed by atoms with Gasteiger partial charge in [0.25, 0.3) is 0 Å². The van der Waals surface area contributed by atoms with E-state index in [1.807, 2.05) is 12.1 Å². The summed E-state index contributed by atoms with van der Waals surface area (Å²) in [6.45, 7) is 5.47. The van der Waals surface area contributed by atoms with Gasteiger partial charge in [-0.1, -0.05) is 50.5 Å². The van der Waals surface area contributed by atoms with Gasteiger partial charge >= 0.3 is 5.97 Å². The van der Waals surface area contributed by atoms with Gasteiger partial charge in [0.05, 0.1) is 7.11 Å². The van der Waals surface area contributed by atoms with E-state index in [4.69, 9.17) is 4.74 Å². The lowest BCUT2D eigenvalue weighted by Crippen LogP contribution is -2.36. The van der Waals surface area contributed by atoms with Crippen molar-refractivity contribution < 1.29 is 14.3 Å². The van der Waals surface area contributed by atoms with Crippen molar-refractivity contribution >= 4 is 11.8 Å². The quantitative estimate of drug-likeness (QED) is 0.342. The lowest BCUT2D eigenvalue weighted by Gasteiger charge is -2.30. The van der Waals surface area contributed by atoms with Crippen LogP contribution in [0.5, 0.6) is 0 Å². The Balaban J connectivity index is 1.89. The molecule has 0 N–H and O–H groups in total. The topological polar surface area (TPSA) is 46.6 Å². The summed E-state index contributed by atoms with van der Waals surface area (Å²) in [5.74, 6) is -0.0210. The number of methoxy groups -OCH3 is 1. The van der Waals surface area contributed by atoms with Crippen molar-refractivity contribution in [2.24, 2.45) is 5.92 Å². The van der Waals surface area contributed by atoms with Gasteiger partial charge < -0.3 is 4.74 Å². The van der Waals surface area contributed by atoms with Crippen LogP contribution >= 0.6 is 0 Å². The van der Waals surface area contributed by atoms with Gasteiger partial charge in [-0.05, 0) is 37.4 Å². The van der Waals surface area contributed by atoms with Gasteiger partial charge in [-0.2, -0.15) is 0 Å². The van der Waals surface area contributed by atoms with E-state index in [1.54, 1.807) is 0 Å². The Labute approximate surface area is 151 Å². The number of benzene rings is 1. The molecule has 25 heavy (non-hydrogen) atoms. The number of hydrogen-bond donors (Lipinski definition) is 0. The Kier molecular flexibility index (Phi) is 8.13. The summed E-state index contributed by atoms with van der Waals surface area (Å²) in [6.07, 6.45) is 6.27. The zero-order valence-electron chi connectivity index (χ0n) is 15.6. The summed E-state index contributed by atoms with van der Waals surface area (Å²) < 4.78 is 4.79. The molecule has 0 bridgehead atoms. The van der Waals surface area contributed by atoms with Crippen LogP contribution in [0.3, 0.4) is 0 Å². The smallest absolute Gasteiger partial charge is 0.305 e. The van der Waals surface area contributed by atoms with E-state index in [0.717, 1.165) is 37.8 Å². The van der Waals surface area contributed by atoms with Crippen molar-refractivity contribution in [3.05, 3.63) is 35.4 Å². The second-order valence-corrected chi connectivity index (χ2v) is 7.10. The number of nitrogens with zero attached hydrogens (tertiary/aromatic N) is 1. The molecule has 4 nitrogen and oxygen atoms in total. The molecular formula is C21H31NO3. The molecule has 1 heterocycles. The van der Waals surface area contributed by atoms with Gasteiger partial charge in [-0.3, -0.25) is 14.5 Å². The number of esters is 1. The van der Waals surface area contributed by atoms with Gasteiger partial charge in [0.15, 0.2) is 5.78 Å². The molecule has 1 aliphatic rings. The third-order valence-corrected chi connectivity index (χ3v) is 5.00. The Hall–Kier alpha value is -1.68. The van der Waals surface area contributed by atoms with Crippen molar-refractivity contribution in [2.75, 3.05) is 20.2 Å². The Morgan fingerprint density at radius 3 is 2.40 bits per heavy atom. The first kappa shape index (κ1) is 19.6. The Morgan fingerprint density at radius 1 is 1.12 bits per heavy atom. The zero-order chi connectivity index (χ0) is 18.1. The molecule has 1 fully saturated rings. The highest BCUT2D eigenvalue weighted by atomic mass is 16.5. The molecule has 0 aliphatic carbocycles. The van der Waals surface area contributed by atoms with E-state index >= 15 is 0 Å². The van der Waals surface area contributed by atoms with E-state index in [9.17, 15) is 9.59 Å². The number of ether oxygens (including phenoxy) is 1. The molecule has 4 heteroatoms. The highest BCUT2D eigenvalue weighted by molar-refractivity contribution is 5.96. The maximum Gasteiger partial charge on any atom is 0.305 e. The molecule has 0 spiro atoms. The first-order valence-electron chi connectivity index (χ1n) is 9.53. The van der Waals surface area contributed by atoms with Gasteiger partial charge in [0.2, 0.25) is 0 Å². The van der Waals surface area contributed by atoms with Crippen LogP contribution in [-0.2, 0) is 16.1 Å². The van der Waals surface area contributed by atoms with Crippen molar-refractivity contribution in [2.45, 2.75) is 58.4 Å². The van der Waals surface area contributed by atoms with E-state index < -0.39 is 0 Å². The number of carbonyl (C=O) groups is 2. The maximum absolute atomic E-state index is 12.6. The third kappa shape index (κ3) is 6.62. The fourth-order valence-electron chi connectivity index (χ4n) is 3.25. The second-order valence-electron chi connectivity index (χ2n) is 7.10. The minimum Gasteiger partial charge on any atom is -0.469 e. The molecular weight excluding hydrogens is 314 g/mol. The van der Waals surface area contributed by atoms with E-state index in [-0.39, 0.29) is 17.7 Å². The van der Waals surface area contributed by atoms with Crippen LogP contribution in [0.2, 0.25) is 0 Å². The van der Waals surface area contributed by atoms with Gasteiger partial charge in [-0.15, -0.1) is 0 Å². The molecule has 0 saturated carbocycles. The summed E-state index contributed by atoms with van der Waals surface area (Å²) in [5.41, 5.74) is 2.00. The predicted octanol–water partition coefficient (Wildman–Crippen LogP) is 4.22. The van der Waals surface area contributed by atoms with Crippen LogP contribution in [0.15, 0.2) is 24.3 Å². The Bertz CT molecular complexity index is 549. The number of carbonyl (C=O) groups excluding carboxylic acids is 2. The molecule has 2 rings (SSSR count). The van der Waals surface area contributed by atoms with Crippen molar-refractivity contribution in [1.29, 1.82) is 0 Å². The number of hydrogen-bond acceptors (Lipinski definition) is 4. The van der Waals surface area contributed by atoms with Gasteiger partial charge in [0.1, 0.15) is 0 Å². The fraction of sp³-hybridized carbons (Fsp3) is 0.619. The highest BCUT2D eigenvalue weighted by Gasteiger charge is 2.19. The van der Waals surface area contributed by atoms with Crippen molar-refractivity contribution in [3.63, 3.8) is 0 Å². The van der Waals surface area contributed by atoms with Gasteiger partial charge in [-0.25, -0.2) is 0 Å². The molecule has 0 radical (unpaired) electrons. The average molecular weight is 345 g/mol. The van der Waals surface area contributed by atoms with E-state index in [0.29, 0.717) is 12.8 Å². The molecule has 0 aromatic heterocycles. The summed E-state index contributed by atoms with van der Waals surface area (Å²) in [7, 11) is 1.41. The average Bonchev–Trinajstić information content (AvgIpc) is 2.58. The number of Topliss-reactive ketones (excluding diaryl/α,β-unsaturated/α-hetero) is 1. The summed E-state index contributed by atoms with van der Waals surface area (Å²) in [5, 5.41) is 0. The molecule has 1 aromatic carbocycles. The molecule has 1 saturated heterocycles. The van der Waals surface area contributed by atoms with Crippen LogP contribution in [0.4, 0.5) is 0 Å². The normalized spacial score (nSPS) is 15.4. The molecule has 1 atom stereocenters. The largest absolute Gasteiger partial charge is 0.469 e. The zero-order valence-corrected chi connectivity index (χ0v) is 15.6. The van der Waals surface area contributed by atoms with Crippen molar-refractivity contribution in [3.8, 4) is 0 Å². The lowest BCUT2D eigenvalue weighted by molar-refractivity contribution is -0.141. The highest BCUT2D eigenvalue weighted by Crippen LogP contribution is 2.21. The third-order valence-electron chi connectivity index (χ3n) is 5.00. The molecule has 1 aliphatic heterocycles. The first-order chi connectivity index (χ1) is 12.1. The fourth-order valence-corrected chi connectivity index (χ4v) is 3.25. The van der Waals surface area contributed by atoms with Crippen LogP contribution in [0.1, 0.15) is 67.8 Å². The van der Waals surface area contributed by atoms with Crippen LogP contribution < -0.4 is 0 Å². The summed E-state index contributed by atoms with van der Waals surface area (Å²) >= 11 is 0. The molecule has 138 valence electrons. The van der Waals surface area contributed by atoms with Crippen LogP contribution in [0, 0.1) is 5.92 Å².